The van der Waals surface area contributed by atoms with E-state index in [-0.39, 0.29) is 23.8 Å². The quantitative estimate of drug-likeness (QED) is 0.306. The molecule has 3 aromatic heterocycles. The molecule has 0 saturated carbocycles. The number of carbonyl (C=O) groups excluding carboxylic acids is 1. The standard InChI is InChI=1S/C28H21F3N6O2/c1-39-21-12-10-19(35-25(21)28(29,30)31)15-34-27(38)24-26(32)37-22(16-6-3-2-4-7-16)23(36-24)18-9-11-20-17(14-18)8-5-13-33-20/h2-14H,15H2,1H3,(H2,32,37)(H,34,38). The number of carbonyl (C=O) groups is 1. The number of amides is 1. The van der Waals surface area contributed by atoms with E-state index in [0.29, 0.717) is 17.0 Å². The Balaban J connectivity index is 1.51. The SMILES string of the molecule is COc1ccc(CNC(=O)c2nc(-c3ccc4ncccc4c3)c(-c3ccccc3)nc2N)nc1C(F)(F)F. The van der Waals surface area contributed by atoms with E-state index in [0.717, 1.165) is 29.6 Å². The number of fused-ring (bicyclic) bond motifs is 1. The summed E-state index contributed by atoms with van der Waals surface area (Å²) in [6.07, 6.45) is -3.03. The van der Waals surface area contributed by atoms with Crippen LogP contribution in [0.3, 0.4) is 0 Å². The number of halogens is 3. The number of nitrogens with one attached hydrogen (secondary N) is 1. The molecule has 0 aliphatic carbocycles. The van der Waals surface area contributed by atoms with Crippen LogP contribution in [0.2, 0.25) is 0 Å². The van der Waals surface area contributed by atoms with Crippen LogP contribution in [-0.2, 0) is 12.7 Å². The van der Waals surface area contributed by atoms with Gasteiger partial charge in [-0.25, -0.2) is 15.0 Å². The van der Waals surface area contributed by atoms with Crippen LogP contribution in [0.1, 0.15) is 21.9 Å². The second-order valence-corrected chi connectivity index (χ2v) is 8.47. The van der Waals surface area contributed by atoms with Gasteiger partial charge in [0.1, 0.15) is 5.75 Å². The summed E-state index contributed by atoms with van der Waals surface area (Å²) in [5, 5.41) is 3.40. The lowest BCUT2D eigenvalue weighted by Gasteiger charge is -2.14. The predicted octanol–water partition coefficient (Wildman–Crippen LogP) is 5.29. The molecule has 0 saturated heterocycles. The first-order valence-electron chi connectivity index (χ1n) is 11.7. The molecule has 1 amide bonds. The third-order valence-corrected chi connectivity index (χ3v) is 5.90. The maximum atomic E-state index is 13.3. The van der Waals surface area contributed by atoms with Gasteiger partial charge < -0.3 is 15.8 Å². The topological polar surface area (TPSA) is 116 Å². The van der Waals surface area contributed by atoms with Crippen molar-refractivity contribution in [1.29, 1.82) is 0 Å². The minimum absolute atomic E-state index is 0.0221. The lowest BCUT2D eigenvalue weighted by Crippen LogP contribution is -2.26. The summed E-state index contributed by atoms with van der Waals surface area (Å²) >= 11 is 0. The van der Waals surface area contributed by atoms with Gasteiger partial charge in [-0.15, -0.1) is 0 Å². The zero-order chi connectivity index (χ0) is 27.6. The highest BCUT2D eigenvalue weighted by Crippen LogP contribution is 2.35. The van der Waals surface area contributed by atoms with E-state index in [4.69, 9.17) is 10.5 Å². The minimum Gasteiger partial charge on any atom is -0.494 e. The van der Waals surface area contributed by atoms with E-state index >= 15 is 0 Å². The van der Waals surface area contributed by atoms with Crippen LogP contribution in [0, 0.1) is 0 Å². The van der Waals surface area contributed by atoms with Crippen molar-refractivity contribution < 1.29 is 22.7 Å². The number of hydrogen-bond acceptors (Lipinski definition) is 7. The van der Waals surface area contributed by atoms with Crippen molar-refractivity contribution in [3.63, 3.8) is 0 Å². The van der Waals surface area contributed by atoms with Crippen molar-refractivity contribution in [2.45, 2.75) is 12.7 Å². The van der Waals surface area contributed by atoms with Crippen molar-refractivity contribution in [1.82, 2.24) is 25.3 Å². The van der Waals surface area contributed by atoms with Gasteiger partial charge in [-0.2, -0.15) is 13.2 Å². The normalized spacial score (nSPS) is 11.4. The predicted molar refractivity (Wildman–Crippen MR) is 140 cm³/mol. The van der Waals surface area contributed by atoms with Crippen molar-refractivity contribution >= 4 is 22.6 Å². The molecule has 5 rings (SSSR count). The highest BCUT2D eigenvalue weighted by Gasteiger charge is 2.36. The van der Waals surface area contributed by atoms with E-state index in [1.165, 1.54) is 6.07 Å². The number of hydrogen-bond donors (Lipinski definition) is 2. The van der Waals surface area contributed by atoms with Gasteiger partial charge in [0.2, 0.25) is 0 Å². The monoisotopic (exact) mass is 530 g/mol. The number of rotatable bonds is 6. The molecule has 11 heteroatoms. The molecule has 196 valence electrons. The average molecular weight is 531 g/mol. The lowest BCUT2D eigenvalue weighted by molar-refractivity contribution is -0.142. The Labute approximate surface area is 220 Å². The Morgan fingerprint density at radius 3 is 2.44 bits per heavy atom. The van der Waals surface area contributed by atoms with Gasteiger partial charge in [-0.3, -0.25) is 9.78 Å². The maximum absolute atomic E-state index is 13.3. The van der Waals surface area contributed by atoms with Crippen molar-refractivity contribution in [3.8, 4) is 28.3 Å². The van der Waals surface area contributed by atoms with Gasteiger partial charge in [0.25, 0.3) is 5.91 Å². The number of pyridine rings is 2. The summed E-state index contributed by atoms with van der Waals surface area (Å²) in [4.78, 5) is 30.1. The molecule has 0 radical (unpaired) electrons. The van der Waals surface area contributed by atoms with Gasteiger partial charge in [0.15, 0.2) is 17.2 Å². The molecular weight excluding hydrogens is 509 g/mol. The van der Waals surface area contributed by atoms with Gasteiger partial charge in [-0.05, 0) is 30.3 Å². The first-order chi connectivity index (χ1) is 18.7. The Morgan fingerprint density at radius 2 is 1.69 bits per heavy atom. The molecular formula is C28H21F3N6O2. The molecule has 0 unspecified atom stereocenters. The third kappa shape index (κ3) is 5.33. The number of nitrogens with two attached hydrogens (primary N) is 1. The highest BCUT2D eigenvalue weighted by atomic mass is 19.4. The number of benzene rings is 2. The van der Waals surface area contributed by atoms with E-state index < -0.39 is 23.5 Å². The molecule has 0 fully saturated rings. The summed E-state index contributed by atoms with van der Waals surface area (Å²) < 4.78 is 44.8. The number of aromatic nitrogens is 4. The Hall–Kier alpha value is -5.06. The molecule has 2 aromatic carbocycles. The van der Waals surface area contributed by atoms with Crippen molar-refractivity contribution in [3.05, 3.63) is 96.1 Å². The summed E-state index contributed by atoms with van der Waals surface area (Å²) in [7, 11) is 1.12. The van der Waals surface area contributed by atoms with E-state index in [9.17, 15) is 18.0 Å². The second-order valence-electron chi connectivity index (χ2n) is 8.47. The van der Waals surface area contributed by atoms with Gasteiger partial charge in [-0.1, -0.05) is 42.5 Å². The molecule has 3 N–H and O–H groups in total. The number of nitrogen functional groups attached to an aromatic ring is 1. The van der Waals surface area contributed by atoms with Crippen LogP contribution in [0.15, 0.2) is 79.0 Å². The zero-order valence-electron chi connectivity index (χ0n) is 20.5. The average Bonchev–Trinajstić information content (AvgIpc) is 2.95. The first-order valence-corrected chi connectivity index (χ1v) is 11.7. The number of anilines is 1. The largest absolute Gasteiger partial charge is 0.494 e. The Bertz CT molecular complexity index is 1680. The summed E-state index contributed by atoms with van der Waals surface area (Å²) in [6.45, 7) is -0.301. The first kappa shape index (κ1) is 25.6. The van der Waals surface area contributed by atoms with Crippen LogP contribution in [0.4, 0.5) is 19.0 Å². The number of ether oxygens (including phenoxy) is 1. The maximum Gasteiger partial charge on any atom is 0.437 e. The van der Waals surface area contributed by atoms with Gasteiger partial charge >= 0.3 is 6.18 Å². The van der Waals surface area contributed by atoms with Crippen LogP contribution in [0.25, 0.3) is 33.4 Å². The van der Waals surface area contributed by atoms with Crippen LogP contribution in [0.5, 0.6) is 5.75 Å². The zero-order valence-corrected chi connectivity index (χ0v) is 20.5. The van der Waals surface area contributed by atoms with Crippen LogP contribution in [-0.4, -0.2) is 33.0 Å². The molecule has 5 aromatic rings. The molecule has 3 heterocycles. The van der Waals surface area contributed by atoms with Gasteiger partial charge in [0, 0.05) is 22.7 Å². The smallest absolute Gasteiger partial charge is 0.437 e. The molecule has 0 bridgehead atoms. The fourth-order valence-electron chi connectivity index (χ4n) is 4.04. The van der Waals surface area contributed by atoms with Crippen LogP contribution < -0.4 is 15.8 Å². The number of methoxy groups -OCH3 is 1. The van der Waals surface area contributed by atoms with E-state index in [1.807, 2.05) is 60.7 Å². The van der Waals surface area contributed by atoms with E-state index in [1.54, 1.807) is 6.20 Å². The fourth-order valence-corrected chi connectivity index (χ4v) is 4.04. The second kappa shape index (κ2) is 10.4. The molecule has 0 atom stereocenters. The molecule has 8 nitrogen and oxygen atoms in total. The summed E-state index contributed by atoms with van der Waals surface area (Å²) in [6, 6.07) is 21.0. The Morgan fingerprint density at radius 1 is 0.923 bits per heavy atom. The fraction of sp³-hybridized carbons (Fsp3) is 0.107. The van der Waals surface area contributed by atoms with Crippen molar-refractivity contribution in [2.75, 3.05) is 12.8 Å². The molecule has 0 spiro atoms. The molecule has 39 heavy (non-hydrogen) atoms. The lowest BCUT2D eigenvalue weighted by atomic mass is 10.0. The number of alkyl halides is 3. The van der Waals surface area contributed by atoms with Crippen LogP contribution >= 0.6 is 0 Å². The minimum atomic E-state index is -4.72. The highest BCUT2D eigenvalue weighted by molar-refractivity contribution is 5.98. The number of nitrogens with zero attached hydrogens (tertiary/aromatic N) is 4. The van der Waals surface area contributed by atoms with E-state index in [2.05, 4.69) is 25.3 Å². The van der Waals surface area contributed by atoms with Crippen molar-refractivity contribution in [2.24, 2.45) is 0 Å². The molecule has 0 aliphatic heterocycles. The summed E-state index contributed by atoms with van der Waals surface area (Å²) in [5.41, 5.74) is 7.88. The Kier molecular flexibility index (Phi) is 6.80. The third-order valence-electron chi connectivity index (χ3n) is 5.90. The van der Waals surface area contributed by atoms with Gasteiger partial charge in [0.05, 0.1) is 36.3 Å². The molecule has 0 aliphatic rings. The summed E-state index contributed by atoms with van der Waals surface area (Å²) in [5.74, 6) is -1.26.